The monoisotopic (exact) mass is 452 g/mol. The van der Waals surface area contributed by atoms with E-state index in [0.717, 1.165) is 17.2 Å². The van der Waals surface area contributed by atoms with E-state index in [0.29, 0.717) is 29.9 Å². The van der Waals surface area contributed by atoms with Crippen LogP contribution in [0.4, 0.5) is 0 Å². The zero-order chi connectivity index (χ0) is 24.8. The van der Waals surface area contributed by atoms with Crippen molar-refractivity contribution >= 4 is 23.4 Å². The molecule has 0 saturated heterocycles. The van der Waals surface area contributed by atoms with Gasteiger partial charge < -0.3 is 14.6 Å². The van der Waals surface area contributed by atoms with Gasteiger partial charge in [0, 0.05) is 12.1 Å². The Morgan fingerprint density at radius 3 is 2.00 bits per heavy atom. The van der Waals surface area contributed by atoms with Gasteiger partial charge in [0.25, 0.3) is 0 Å². The topological polar surface area (TPSA) is 89.9 Å². The van der Waals surface area contributed by atoms with Crippen molar-refractivity contribution in [1.82, 2.24) is 0 Å². The van der Waals surface area contributed by atoms with Crippen molar-refractivity contribution in [2.24, 2.45) is 11.3 Å². The van der Waals surface area contributed by atoms with Crippen LogP contribution in [0.5, 0.6) is 11.5 Å². The van der Waals surface area contributed by atoms with Crippen LogP contribution in [0, 0.1) is 11.3 Å². The largest absolute Gasteiger partial charge is 0.511 e. The molecule has 1 N–H and O–H groups in total. The fourth-order valence-corrected chi connectivity index (χ4v) is 3.84. The van der Waals surface area contributed by atoms with E-state index in [9.17, 15) is 19.5 Å². The molecule has 0 amide bonds. The SMILES string of the molecule is C=C(C)CCC1(CCC(=C)C)C(=O)C(C(=O)C=Cc2cc(OC)cc(OC)c2)C(=O)C=C1O. The maximum atomic E-state index is 13.6. The number of hydrogen-bond donors (Lipinski definition) is 1. The average Bonchev–Trinajstić information content (AvgIpc) is 2.76. The highest BCUT2D eigenvalue weighted by Gasteiger charge is 2.51. The number of rotatable bonds is 11. The van der Waals surface area contributed by atoms with E-state index >= 15 is 0 Å². The summed E-state index contributed by atoms with van der Waals surface area (Å²) >= 11 is 0. The van der Waals surface area contributed by atoms with Gasteiger partial charge in [0.15, 0.2) is 17.3 Å². The van der Waals surface area contributed by atoms with E-state index in [1.165, 1.54) is 26.4 Å². The van der Waals surface area contributed by atoms with Gasteiger partial charge in [-0.2, -0.15) is 0 Å². The van der Waals surface area contributed by atoms with Crippen LogP contribution in [0.25, 0.3) is 6.08 Å². The van der Waals surface area contributed by atoms with Crippen LogP contribution < -0.4 is 9.47 Å². The van der Waals surface area contributed by atoms with Gasteiger partial charge in [-0.3, -0.25) is 14.4 Å². The lowest BCUT2D eigenvalue weighted by Gasteiger charge is -2.37. The van der Waals surface area contributed by atoms with Crippen LogP contribution in [0.1, 0.15) is 45.1 Å². The lowest BCUT2D eigenvalue weighted by atomic mass is 9.64. The molecule has 33 heavy (non-hydrogen) atoms. The minimum Gasteiger partial charge on any atom is -0.511 e. The predicted molar refractivity (Wildman–Crippen MR) is 128 cm³/mol. The smallest absolute Gasteiger partial charge is 0.177 e. The van der Waals surface area contributed by atoms with Gasteiger partial charge in [-0.1, -0.05) is 17.2 Å². The summed E-state index contributed by atoms with van der Waals surface area (Å²) < 4.78 is 10.5. The molecule has 0 bridgehead atoms. The molecular weight excluding hydrogens is 420 g/mol. The van der Waals surface area contributed by atoms with E-state index < -0.39 is 28.7 Å². The van der Waals surface area contributed by atoms with Crippen LogP contribution in [0.3, 0.4) is 0 Å². The number of methoxy groups -OCH3 is 2. The number of ether oxygens (including phenoxy) is 2. The second-order valence-corrected chi connectivity index (χ2v) is 8.61. The molecule has 1 unspecified atom stereocenters. The average molecular weight is 453 g/mol. The molecule has 0 fully saturated rings. The first-order valence-electron chi connectivity index (χ1n) is 10.8. The third kappa shape index (κ3) is 6.09. The third-order valence-corrected chi connectivity index (χ3v) is 5.84. The van der Waals surface area contributed by atoms with Crippen LogP contribution in [-0.2, 0) is 14.4 Å². The summed E-state index contributed by atoms with van der Waals surface area (Å²) in [4.78, 5) is 39.3. The van der Waals surface area contributed by atoms with Crippen molar-refractivity contribution < 1.29 is 29.0 Å². The normalized spacial score (nSPS) is 17.6. The molecule has 1 atom stereocenters. The lowest BCUT2D eigenvalue weighted by Crippen LogP contribution is -2.47. The summed E-state index contributed by atoms with van der Waals surface area (Å²) in [5.74, 6) is -2.63. The second kappa shape index (κ2) is 10.9. The summed E-state index contributed by atoms with van der Waals surface area (Å²) in [5, 5.41) is 10.7. The number of hydrogen-bond acceptors (Lipinski definition) is 6. The first-order valence-corrected chi connectivity index (χ1v) is 10.8. The fourth-order valence-electron chi connectivity index (χ4n) is 3.84. The number of aliphatic hydroxyl groups is 1. The summed E-state index contributed by atoms with van der Waals surface area (Å²) in [6.45, 7) is 11.4. The number of ketones is 3. The highest BCUT2D eigenvalue weighted by molar-refractivity contribution is 6.28. The molecule has 0 spiro atoms. The Kier molecular flexibility index (Phi) is 8.57. The third-order valence-electron chi connectivity index (χ3n) is 5.84. The summed E-state index contributed by atoms with van der Waals surface area (Å²) in [5.41, 5.74) is 0.984. The molecule has 0 saturated carbocycles. The predicted octanol–water partition coefficient (Wildman–Crippen LogP) is 5.20. The molecule has 6 nitrogen and oxygen atoms in total. The van der Waals surface area contributed by atoms with Crippen molar-refractivity contribution in [1.29, 1.82) is 0 Å². The van der Waals surface area contributed by atoms with Crippen molar-refractivity contribution in [3.63, 3.8) is 0 Å². The number of carbonyl (C=O) groups is 3. The highest BCUT2D eigenvalue weighted by Crippen LogP contribution is 2.44. The van der Waals surface area contributed by atoms with E-state index in [1.807, 2.05) is 13.8 Å². The quantitative estimate of drug-likeness (QED) is 0.282. The highest BCUT2D eigenvalue weighted by atomic mass is 16.5. The van der Waals surface area contributed by atoms with Gasteiger partial charge in [-0.25, -0.2) is 0 Å². The molecule has 1 aromatic rings. The molecule has 6 heteroatoms. The molecule has 0 radical (unpaired) electrons. The molecule has 0 aliphatic heterocycles. The molecule has 0 heterocycles. The van der Waals surface area contributed by atoms with Crippen molar-refractivity contribution in [3.8, 4) is 11.5 Å². The maximum Gasteiger partial charge on any atom is 0.177 e. The van der Waals surface area contributed by atoms with Crippen LogP contribution >= 0.6 is 0 Å². The van der Waals surface area contributed by atoms with Gasteiger partial charge in [-0.05, 0) is 63.3 Å². The van der Waals surface area contributed by atoms with Crippen molar-refractivity contribution in [2.75, 3.05) is 14.2 Å². The zero-order valence-corrected chi connectivity index (χ0v) is 19.8. The van der Waals surface area contributed by atoms with Crippen LogP contribution in [0.2, 0.25) is 0 Å². The number of carbonyl (C=O) groups excluding carboxylic acids is 3. The zero-order valence-electron chi connectivity index (χ0n) is 19.8. The van der Waals surface area contributed by atoms with E-state index in [1.54, 1.807) is 18.2 Å². The molecule has 176 valence electrons. The van der Waals surface area contributed by atoms with Crippen molar-refractivity contribution in [2.45, 2.75) is 39.5 Å². The van der Waals surface area contributed by atoms with Crippen molar-refractivity contribution in [3.05, 3.63) is 66.0 Å². The molecule has 1 aliphatic carbocycles. The molecule has 2 rings (SSSR count). The van der Waals surface area contributed by atoms with Gasteiger partial charge in [-0.15, -0.1) is 13.2 Å². The van der Waals surface area contributed by atoms with Crippen LogP contribution in [0.15, 0.2) is 60.4 Å². The Morgan fingerprint density at radius 1 is 1.03 bits per heavy atom. The summed E-state index contributed by atoms with van der Waals surface area (Å²) in [6.07, 6.45) is 5.25. The molecule has 1 aliphatic rings. The molecule has 1 aromatic carbocycles. The summed E-state index contributed by atoms with van der Waals surface area (Å²) in [6, 6.07) is 5.09. The van der Waals surface area contributed by atoms with Gasteiger partial charge in [0.1, 0.15) is 23.2 Å². The van der Waals surface area contributed by atoms with Gasteiger partial charge in [0.05, 0.1) is 19.6 Å². The number of aliphatic hydroxyl groups excluding tert-OH is 1. The minimum atomic E-state index is -1.50. The number of Topliss-reactive ketones (excluding diaryl/α,β-unsaturated/α-hetero) is 1. The van der Waals surface area contributed by atoms with E-state index in [2.05, 4.69) is 13.2 Å². The number of allylic oxidation sites excluding steroid dienone is 5. The van der Waals surface area contributed by atoms with Crippen LogP contribution in [-0.4, -0.2) is 36.7 Å². The first-order chi connectivity index (χ1) is 15.5. The Bertz CT molecular complexity index is 987. The lowest BCUT2D eigenvalue weighted by molar-refractivity contribution is -0.143. The first kappa shape index (κ1) is 25.8. The Morgan fingerprint density at radius 2 is 1.55 bits per heavy atom. The molecule has 0 aromatic heterocycles. The molecular formula is C27H32O6. The second-order valence-electron chi connectivity index (χ2n) is 8.61. The Hall–Kier alpha value is -3.41. The minimum absolute atomic E-state index is 0.268. The van der Waals surface area contributed by atoms with E-state index in [-0.39, 0.29) is 18.6 Å². The Balaban J connectivity index is 2.40. The standard InChI is InChI=1S/C27H32O6/c1-17(2)9-11-27(12-10-18(3)4)24(30)16-23(29)25(26(27)31)22(28)8-7-19-13-20(32-5)15-21(14-19)33-6/h7-8,13-16,25,30H,1,3,9-12H2,2,4-6H3. The maximum absolute atomic E-state index is 13.6. The fraction of sp³-hybridized carbons (Fsp3) is 0.370. The van der Waals surface area contributed by atoms with Gasteiger partial charge >= 0.3 is 0 Å². The van der Waals surface area contributed by atoms with E-state index in [4.69, 9.17) is 9.47 Å². The number of benzene rings is 1. The van der Waals surface area contributed by atoms with Gasteiger partial charge in [0.2, 0.25) is 0 Å². The Labute approximate surface area is 195 Å². The summed E-state index contributed by atoms with van der Waals surface area (Å²) in [7, 11) is 3.03.